The second-order valence-electron chi connectivity index (χ2n) is 10.2. The van der Waals surface area contributed by atoms with E-state index in [9.17, 15) is 4.79 Å². The number of nitrogens with two attached hydrogens (primary N) is 1. The number of carbonyl (C=O) groups excluding carboxylic acids is 1. The number of nitrogens with zero attached hydrogens (tertiary/aromatic N) is 1. The first-order valence-electron chi connectivity index (χ1n) is 12.7. The van der Waals surface area contributed by atoms with E-state index in [-0.39, 0.29) is 22.5 Å². The molecule has 1 unspecified atom stereocenters. The number of amides is 1. The highest BCUT2D eigenvalue weighted by Gasteiger charge is 2.35. The van der Waals surface area contributed by atoms with Crippen molar-refractivity contribution in [3.63, 3.8) is 0 Å². The quantitative estimate of drug-likeness (QED) is 0.158. The van der Waals surface area contributed by atoms with Crippen molar-refractivity contribution in [3.8, 4) is 0 Å². The Balaban J connectivity index is 1.47. The molecule has 35 heavy (non-hydrogen) atoms. The van der Waals surface area contributed by atoms with E-state index >= 15 is 0 Å². The van der Waals surface area contributed by atoms with Crippen LogP contribution in [0, 0.1) is 5.41 Å². The molecule has 1 amide bonds. The van der Waals surface area contributed by atoms with E-state index in [2.05, 4.69) is 43.6 Å². The van der Waals surface area contributed by atoms with Crippen LogP contribution in [0.25, 0.3) is 0 Å². The molecule has 0 spiro atoms. The number of amidine groups is 1. The minimum Gasteiger partial charge on any atom is -0.384 e. The molecule has 2 aliphatic rings. The molecule has 2 aliphatic heterocycles. The molecule has 0 radical (unpaired) electrons. The normalized spacial score (nSPS) is 24.3. The lowest BCUT2D eigenvalue weighted by Gasteiger charge is -2.39. The van der Waals surface area contributed by atoms with Gasteiger partial charge in [-0.15, -0.1) is 23.5 Å². The van der Waals surface area contributed by atoms with Gasteiger partial charge in [0, 0.05) is 33.5 Å². The van der Waals surface area contributed by atoms with Crippen molar-refractivity contribution in [2.45, 2.75) is 85.4 Å². The first-order valence-corrected chi connectivity index (χ1v) is 14.8. The number of thioether (sulfide) groups is 2. The number of carbonyl (C=O) groups is 1. The van der Waals surface area contributed by atoms with Crippen LogP contribution in [-0.4, -0.2) is 36.1 Å². The van der Waals surface area contributed by atoms with Gasteiger partial charge in [-0.2, -0.15) is 0 Å². The van der Waals surface area contributed by atoms with Crippen molar-refractivity contribution in [1.82, 2.24) is 5.32 Å². The van der Waals surface area contributed by atoms with E-state index < -0.39 is 0 Å². The number of anilines is 1. The maximum absolute atomic E-state index is 13.8. The van der Waals surface area contributed by atoms with Crippen LogP contribution in [0.3, 0.4) is 0 Å². The number of nitrogen functional groups attached to an aromatic ring is 1. The lowest BCUT2D eigenvalue weighted by Crippen LogP contribution is -2.50. The summed E-state index contributed by atoms with van der Waals surface area (Å²) in [7, 11) is 0. The SMILES string of the molecule is CSc1ccc2c(c1)N(CCCCC[C@]1(C)CCC[C@H](C)N1)C(=O)C(c1cccc(C(=N)N)c1)S2. The Bertz CT molecular complexity index is 1070. The van der Waals surface area contributed by atoms with Crippen molar-refractivity contribution in [2.24, 2.45) is 5.73 Å². The number of hydrogen-bond acceptors (Lipinski definition) is 5. The minimum atomic E-state index is -0.325. The number of rotatable bonds is 9. The van der Waals surface area contributed by atoms with Gasteiger partial charge in [-0.05, 0) is 75.6 Å². The third-order valence-electron chi connectivity index (χ3n) is 7.26. The molecule has 2 aromatic carbocycles. The summed E-state index contributed by atoms with van der Waals surface area (Å²) >= 11 is 3.31. The van der Waals surface area contributed by atoms with Crippen molar-refractivity contribution in [1.29, 1.82) is 5.41 Å². The molecule has 0 aliphatic carbocycles. The topological polar surface area (TPSA) is 82.2 Å². The molecule has 0 saturated carbocycles. The fourth-order valence-corrected chi connectivity index (χ4v) is 7.01. The van der Waals surface area contributed by atoms with Crippen LogP contribution in [0.2, 0.25) is 0 Å². The van der Waals surface area contributed by atoms with Gasteiger partial charge in [-0.1, -0.05) is 37.5 Å². The summed E-state index contributed by atoms with van der Waals surface area (Å²) < 4.78 is 0. The molecule has 0 aromatic heterocycles. The van der Waals surface area contributed by atoms with Gasteiger partial charge in [-0.3, -0.25) is 10.2 Å². The van der Waals surface area contributed by atoms with Crippen LogP contribution < -0.4 is 16.0 Å². The fourth-order valence-electron chi connectivity index (χ4n) is 5.38. The first kappa shape index (κ1) is 26.1. The number of piperidine rings is 1. The van der Waals surface area contributed by atoms with Crippen molar-refractivity contribution < 1.29 is 4.79 Å². The molecular formula is C28H38N4OS2. The Hall–Kier alpha value is -1.96. The van der Waals surface area contributed by atoms with Gasteiger partial charge in [0.25, 0.3) is 0 Å². The molecule has 4 N–H and O–H groups in total. The van der Waals surface area contributed by atoms with E-state index in [1.807, 2.05) is 29.2 Å². The number of benzene rings is 2. The highest BCUT2D eigenvalue weighted by Crippen LogP contribution is 2.47. The van der Waals surface area contributed by atoms with E-state index in [4.69, 9.17) is 11.1 Å². The summed E-state index contributed by atoms with van der Waals surface area (Å²) in [6, 6.07) is 14.6. The van der Waals surface area contributed by atoms with E-state index in [1.165, 1.54) is 37.0 Å². The largest absolute Gasteiger partial charge is 0.384 e. The third-order valence-corrected chi connectivity index (χ3v) is 9.30. The summed E-state index contributed by atoms with van der Waals surface area (Å²) in [5.41, 5.74) is 8.56. The Morgan fingerprint density at radius 3 is 2.83 bits per heavy atom. The first-order chi connectivity index (χ1) is 16.8. The summed E-state index contributed by atoms with van der Waals surface area (Å²) in [4.78, 5) is 18.1. The lowest BCUT2D eigenvalue weighted by atomic mass is 9.84. The molecule has 1 saturated heterocycles. The van der Waals surface area contributed by atoms with Crippen LogP contribution >= 0.6 is 23.5 Å². The van der Waals surface area contributed by atoms with E-state index in [0.29, 0.717) is 11.6 Å². The molecule has 2 heterocycles. The maximum Gasteiger partial charge on any atom is 0.245 e. The molecule has 7 heteroatoms. The highest BCUT2D eigenvalue weighted by atomic mass is 32.2. The second-order valence-corrected chi connectivity index (χ2v) is 12.2. The molecule has 1 fully saturated rings. The Labute approximate surface area is 218 Å². The van der Waals surface area contributed by atoms with Gasteiger partial charge in [0.1, 0.15) is 11.1 Å². The monoisotopic (exact) mass is 510 g/mol. The summed E-state index contributed by atoms with van der Waals surface area (Å²) in [5.74, 6) is 0.147. The zero-order valence-corrected chi connectivity index (χ0v) is 22.7. The molecule has 3 atom stereocenters. The average Bonchev–Trinajstić information content (AvgIpc) is 2.84. The fraction of sp³-hybridized carbons (Fsp3) is 0.500. The molecule has 2 aromatic rings. The van der Waals surface area contributed by atoms with Gasteiger partial charge in [0.15, 0.2) is 0 Å². The summed E-state index contributed by atoms with van der Waals surface area (Å²) in [6.07, 6.45) is 10.4. The number of fused-ring (bicyclic) bond motifs is 1. The highest BCUT2D eigenvalue weighted by molar-refractivity contribution is 8.00. The molecule has 5 nitrogen and oxygen atoms in total. The van der Waals surface area contributed by atoms with Crippen molar-refractivity contribution in [3.05, 3.63) is 53.6 Å². The van der Waals surface area contributed by atoms with Crippen LogP contribution in [0.5, 0.6) is 0 Å². The van der Waals surface area contributed by atoms with Gasteiger partial charge in [0.05, 0.1) is 5.69 Å². The maximum atomic E-state index is 13.8. The number of hydrogen-bond donors (Lipinski definition) is 3. The molecule has 0 bridgehead atoms. The second kappa shape index (κ2) is 11.4. The van der Waals surface area contributed by atoms with Gasteiger partial charge >= 0.3 is 0 Å². The van der Waals surface area contributed by atoms with Crippen LogP contribution in [-0.2, 0) is 4.79 Å². The third kappa shape index (κ3) is 6.25. The van der Waals surface area contributed by atoms with Crippen molar-refractivity contribution >= 4 is 41.0 Å². The number of unbranched alkanes of at least 4 members (excludes halogenated alkanes) is 2. The standard InChI is InChI=1S/C28H38N4OS2/c1-19-9-8-15-28(2,31-19)14-5-4-6-16-32-23-18-22(34-3)12-13-24(23)35-25(27(32)33)20-10-7-11-21(17-20)26(29)30/h7,10-13,17-19,25,31H,4-6,8-9,14-16H2,1-3H3,(H3,29,30)/t19-,25?,28+/m0/s1. The van der Waals surface area contributed by atoms with Crippen molar-refractivity contribution in [2.75, 3.05) is 17.7 Å². The zero-order chi connectivity index (χ0) is 25.0. The molecular weight excluding hydrogens is 472 g/mol. The average molecular weight is 511 g/mol. The zero-order valence-electron chi connectivity index (χ0n) is 21.1. The molecule has 188 valence electrons. The Morgan fingerprint density at radius 2 is 2.09 bits per heavy atom. The van der Waals surface area contributed by atoms with Gasteiger partial charge in [-0.25, -0.2) is 0 Å². The lowest BCUT2D eigenvalue weighted by molar-refractivity contribution is -0.118. The number of nitrogens with one attached hydrogen (secondary N) is 2. The van der Waals surface area contributed by atoms with Crippen LogP contribution in [0.1, 0.15) is 75.2 Å². The summed E-state index contributed by atoms with van der Waals surface area (Å²) in [5, 5.41) is 11.3. The Kier molecular flexibility index (Phi) is 8.50. The van der Waals surface area contributed by atoms with E-state index in [1.54, 1.807) is 23.5 Å². The predicted molar refractivity (Wildman–Crippen MR) is 150 cm³/mol. The van der Waals surface area contributed by atoms with Crippen LogP contribution in [0.15, 0.2) is 52.3 Å². The van der Waals surface area contributed by atoms with E-state index in [0.717, 1.165) is 35.5 Å². The predicted octanol–water partition coefficient (Wildman–Crippen LogP) is 6.35. The van der Waals surface area contributed by atoms with Gasteiger partial charge < -0.3 is 16.0 Å². The summed E-state index contributed by atoms with van der Waals surface area (Å²) in [6.45, 7) is 5.39. The smallest absolute Gasteiger partial charge is 0.245 e. The van der Waals surface area contributed by atoms with Crippen LogP contribution in [0.4, 0.5) is 5.69 Å². The Morgan fingerprint density at radius 1 is 1.26 bits per heavy atom. The van der Waals surface area contributed by atoms with Gasteiger partial charge in [0.2, 0.25) is 5.91 Å². The molecule has 4 rings (SSSR count). The minimum absolute atomic E-state index is 0.0255.